The van der Waals surface area contributed by atoms with Crippen LogP contribution in [0.25, 0.3) is 33.4 Å². The first-order valence-electron chi connectivity index (χ1n) is 11.0. The van der Waals surface area contributed by atoms with Gasteiger partial charge in [0, 0.05) is 16.7 Å². The average molecular weight is 406 g/mol. The van der Waals surface area contributed by atoms with Crippen molar-refractivity contribution in [2.45, 2.75) is 57.8 Å². The van der Waals surface area contributed by atoms with Crippen LogP contribution < -0.4 is 0 Å². The highest BCUT2D eigenvalue weighted by Crippen LogP contribution is 2.52. The molecule has 3 heteroatoms. The van der Waals surface area contributed by atoms with Gasteiger partial charge >= 0.3 is 0 Å². The third-order valence-electron chi connectivity index (χ3n) is 6.79. The Morgan fingerprint density at radius 2 is 1.43 bits per heavy atom. The lowest BCUT2D eigenvalue weighted by Crippen LogP contribution is -2.09. The highest BCUT2D eigenvalue weighted by atomic mass is 19.2. The van der Waals surface area contributed by atoms with E-state index in [1.807, 2.05) is 37.3 Å². The van der Waals surface area contributed by atoms with Gasteiger partial charge in [-0.1, -0.05) is 69.0 Å². The van der Waals surface area contributed by atoms with E-state index in [-0.39, 0.29) is 16.7 Å². The van der Waals surface area contributed by atoms with Crippen molar-refractivity contribution in [3.63, 3.8) is 0 Å². The molecular weight excluding hydrogens is 381 g/mol. The van der Waals surface area contributed by atoms with Crippen LogP contribution in [-0.2, 0) is 6.42 Å². The molecule has 0 aliphatic heterocycles. The summed E-state index contributed by atoms with van der Waals surface area (Å²) in [6, 6.07) is 13.1. The standard InChI is InChI=1S/C27H25F3/c1-2-6-19-13-14-20-22-15-21(26(29)27(30)24(22)23(20)25(19)28)18-11-9-17(10-12-18)16-7-4-3-5-8-16/h9-16H,2-8H2,1H3. The van der Waals surface area contributed by atoms with Crippen LogP contribution in [0, 0.1) is 17.5 Å². The molecule has 0 aromatic heterocycles. The SMILES string of the molecule is CCCc1ccc2c(c1F)-c1c-2cc(-c2ccc(C3CCCCC3)cc2)c(F)c1F. The van der Waals surface area contributed by atoms with Crippen molar-refractivity contribution in [1.29, 1.82) is 0 Å². The van der Waals surface area contributed by atoms with E-state index in [2.05, 4.69) is 0 Å². The lowest BCUT2D eigenvalue weighted by atomic mass is 9.77. The summed E-state index contributed by atoms with van der Waals surface area (Å²) in [5.74, 6) is -1.69. The van der Waals surface area contributed by atoms with E-state index < -0.39 is 17.5 Å². The molecule has 1 saturated carbocycles. The van der Waals surface area contributed by atoms with Crippen LogP contribution in [0.2, 0.25) is 0 Å². The highest BCUT2D eigenvalue weighted by molar-refractivity contribution is 6.04. The summed E-state index contributed by atoms with van der Waals surface area (Å²) >= 11 is 0. The summed E-state index contributed by atoms with van der Waals surface area (Å²) in [4.78, 5) is 0. The maximum Gasteiger partial charge on any atom is 0.168 e. The van der Waals surface area contributed by atoms with E-state index >= 15 is 0 Å². The fraction of sp³-hybridized carbons (Fsp3) is 0.333. The first-order valence-corrected chi connectivity index (χ1v) is 11.0. The van der Waals surface area contributed by atoms with Gasteiger partial charge in [0.25, 0.3) is 0 Å². The van der Waals surface area contributed by atoms with Gasteiger partial charge in [-0.2, -0.15) is 0 Å². The molecule has 3 aromatic rings. The smallest absolute Gasteiger partial charge is 0.168 e. The Morgan fingerprint density at radius 1 is 0.733 bits per heavy atom. The van der Waals surface area contributed by atoms with E-state index in [9.17, 15) is 13.2 Å². The van der Waals surface area contributed by atoms with Crippen LogP contribution in [0.5, 0.6) is 0 Å². The maximum absolute atomic E-state index is 15.0. The van der Waals surface area contributed by atoms with Gasteiger partial charge in [-0.3, -0.25) is 0 Å². The molecule has 1 fully saturated rings. The molecule has 0 spiro atoms. The van der Waals surface area contributed by atoms with E-state index in [1.54, 1.807) is 12.1 Å². The van der Waals surface area contributed by atoms with Gasteiger partial charge in [0.1, 0.15) is 5.82 Å². The zero-order chi connectivity index (χ0) is 20.8. The zero-order valence-corrected chi connectivity index (χ0v) is 17.2. The van der Waals surface area contributed by atoms with Crippen molar-refractivity contribution in [2.24, 2.45) is 0 Å². The molecule has 154 valence electrons. The lowest BCUT2D eigenvalue weighted by Gasteiger charge is -2.27. The molecule has 2 aliphatic carbocycles. The predicted octanol–water partition coefficient (Wildman–Crippen LogP) is 8.42. The number of hydrogen-bond donors (Lipinski definition) is 0. The van der Waals surface area contributed by atoms with E-state index in [4.69, 9.17) is 0 Å². The second kappa shape index (κ2) is 7.61. The molecular formula is C27H25F3. The quantitative estimate of drug-likeness (QED) is 0.319. The van der Waals surface area contributed by atoms with Crippen molar-refractivity contribution < 1.29 is 13.2 Å². The van der Waals surface area contributed by atoms with Crippen LogP contribution >= 0.6 is 0 Å². The molecule has 5 rings (SSSR count). The molecule has 3 aromatic carbocycles. The van der Waals surface area contributed by atoms with Gasteiger partial charge in [0.05, 0.1) is 0 Å². The summed E-state index contributed by atoms with van der Waals surface area (Å²) in [5.41, 5.74) is 4.31. The van der Waals surface area contributed by atoms with Crippen LogP contribution in [0.3, 0.4) is 0 Å². The number of halogens is 3. The largest absolute Gasteiger partial charge is 0.206 e. The van der Waals surface area contributed by atoms with Gasteiger partial charge in [0.15, 0.2) is 11.6 Å². The first kappa shape index (κ1) is 19.4. The number of fused-ring (bicyclic) bond motifs is 4. The Balaban J connectivity index is 1.52. The van der Waals surface area contributed by atoms with Crippen molar-refractivity contribution >= 4 is 0 Å². The topological polar surface area (TPSA) is 0 Å². The number of aryl methyl sites for hydroxylation is 1. The van der Waals surface area contributed by atoms with Crippen LogP contribution in [0.1, 0.15) is 62.5 Å². The van der Waals surface area contributed by atoms with E-state index in [0.717, 1.165) is 6.42 Å². The fourth-order valence-electron chi connectivity index (χ4n) is 5.15. The number of hydrogen-bond acceptors (Lipinski definition) is 0. The Kier molecular flexibility index (Phi) is 4.92. The summed E-state index contributed by atoms with van der Waals surface area (Å²) < 4.78 is 44.8. The van der Waals surface area contributed by atoms with Gasteiger partial charge in [-0.15, -0.1) is 0 Å². The number of rotatable bonds is 4. The van der Waals surface area contributed by atoms with E-state index in [1.165, 1.54) is 37.7 Å². The third kappa shape index (κ3) is 2.98. The molecule has 2 aliphatic rings. The van der Waals surface area contributed by atoms with Gasteiger partial charge in [-0.05, 0) is 59.1 Å². The molecule has 0 atom stereocenters. The minimum absolute atomic E-state index is 0.0838. The minimum atomic E-state index is -0.945. The van der Waals surface area contributed by atoms with Gasteiger partial charge in [-0.25, -0.2) is 13.2 Å². The Hall–Kier alpha value is -2.55. The second-order valence-electron chi connectivity index (χ2n) is 8.64. The van der Waals surface area contributed by atoms with Crippen molar-refractivity contribution in [1.82, 2.24) is 0 Å². The van der Waals surface area contributed by atoms with Crippen LogP contribution in [-0.4, -0.2) is 0 Å². The molecule has 0 nitrogen and oxygen atoms in total. The zero-order valence-electron chi connectivity index (χ0n) is 17.2. The highest BCUT2D eigenvalue weighted by Gasteiger charge is 2.33. The Morgan fingerprint density at radius 3 is 2.13 bits per heavy atom. The molecule has 0 unspecified atom stereocenters. The normalized spacial score (nSPS) is 15.5. The van der Waals surface area contributed by atoms with Crippen molar-refractivity contribution in [3.05, 3.63) is 71.0 Å². The molecule has 30 heavy (non-hydrogen) atoms. The van der Waals surface area contributed by atoms with Gasteiger partial charge < -0.3 is 0 Å². The molecule has 0 heterocycles. The van der Waals surface area contributed by atoms with Gasteiger partial charge in [0.2, 0.25) is 0 Å². The van der Waals surface area contributed by atoms with E-state index in [0.29, 0.717) is 34.6 Å². The van der Waals surface area contributed by atoms with Crippen molar-refractivity contribution in [3.8, 4) is 33.4 Å². The molecule has 0 bridgehead atoms. The van der Waals surface area contributed by atoms with Crippen molar-refractivity contribution in [2.75, 3.05) is 0 Å². The summed E-state index contributed by atoms with van der Waals surface area (Å²) in [6.45, 7) is 1.97. The molecule has 0 amide bonds. The van der Waals surface area contributed by atoms with Crippen LogP contribution in [0.4, 0.5) is 13.2 Å². The van der Waals surface area contributed by atoms with Crippen LogP contribution in [0.15, 0.2) is 42.5 Å². The Bertz CT molecular complexity index is 1110. The summed E-state index contributed by atoms with van der Waals surface area (Å²) in [5, 5.41) is 0. The molecule has 0 radical (unpaired) electrons. The lowest BCUT2D eigenvalue weighted by molar-refractivity contribution is 0.443. The molecule has 0 N–H and O–H groups in total. The average Bonchev–Trinajstić information content (AvgIpc) is 2.76. The molecule has 0 saturated heterocycles. The number of benzene rings is 3. The summed E-state index contributed by atoms with van der Waals surface area (Å²) in [6.07, 6.45) is 7.60. The fourth-order valence-corrected chi connectivity index (χ4v) is 5.15. The summed E-state index contributed by atoms with van der Waals surface area (Å²) in [7, 11) is 0. The first-order chi connectivity index (χ1) is 14.6. The Labute approximate surface area is 175 Å². The minimum Gasteiger partial charge on any atom is -0.206 e. The second-order valence-corrected chi connectivity index (χ2v) is 8.64. The maximum atomic E-state index is 15.0. The monoisotopic (exact) mass is 406 g/mol. The predicted molar refractivity (Wildman–Crippen MR) is 116 cm³/mol. The third-order valence-corrected chi connectivity index (χ3v) is 6.79.